The number of amides is 1. The molecule has 1 N–H and O–H groups in total. The molecule has 1 amide bonds. The van der Waals surface area contributed by atoms with Crippen molar-refractivity contribution in [1.29, 1.82) is 0 Å². The number of hydrogen-bond donors (Lipinski definition) is 1. The van der Waals surface area contributed by atoms with Crippen molar-refractivity contribution in [2.24, 2.45) is 0 Å². The molecule has 4 nitrogen and oxygen atoms in total. The third-order valence-corrected chi connectivity index (χ3v) is 5.17. The number of aromatic nitrogens is 1. The minimum Gasteiger partial charge on any atom is -0.486 e. The zero-order valence-corrected chi connectivity index (χ0v) is 16.1. The van der Waals surface area contributed by atoms with Crippen molar-refractivity contribution in [2.45, 2.75) is 26.9 Å². The van der Waals surface area contributed by atoms with E-state index in [1.807, 2.05) is 38.1 Å². The average Bonchev–Trinajstić information content (AvgIpc) is 3.03. The smallest absolute Gasteiger partial charge is 0.263 e. The van der Waals surface area contributed by atoms with Gasteiger partial charge < -0.3 is 10.1 Å². The number of aryl methyl sites for hydroxylation is 2. The van der Waals surface area contributed by atoms with Gasteiger partial charge in [-0.2, -0.15) is 0 Å². The maximum atomic E-state index is 12.9. The molecular weight excluding hydrogens is 363 g/mol. The minimum absolute atomic E-state index is 0.145. The van der Waals surface area contributed by atoms with Gasteiger partial charge in [0.15, 0.2) is 0 Å². The summed E-state index contributed by atoms with van der Waals surface area (Å²) in [6.45, 7) is 4.66. The quantitative estimate of drug-likeness (QED) is 0.655. The highest BCUT2D eigenvalue weighted by Gasteiger charge is 2.15. The summed E-state index contributed by atoms with van der Waals surface area (Å²) in [6, 6.07) is 14.1. The van der Waals surface area contributed by atoms with Gasteiger partial charge in [-0.1, -0.05) is 29.8 Å². The molecule has 0 saturated heterocycles. The van der Waals surface area contributed by atoms with Crippen molar-refractivity contribution in [3.8, 4) is 5.75 Å². The Kier molecular flexibility index (Phi) is 6.19. The first-order valence-electron chi connectivity index (χ1n) is 8.69. The highest BCUT2D eigenvalue weighted by molar-refractivity contribution is 7.13. The van der Waals surface area contributed by atoms with Crippen molar-refractivity contribution < 1.29 is 13.9 Å². The molecule has 0 aliphatic carbocycles. The number of nitrogens with zero attached hydrogens (tertiary/aromatic N) is 1. The molecule has 140 valence electrons. The number of hydrogen-bond acceptors (Lipinski definition) is 4. The number of carbonyl (C=O) groups excluding carboxylic acids is 1. The number of benzene rings is 2. The standard InChI is InChI=1S/C21H21FN2O2S/c1-14-3-9-18(10-4-14)26-13-19-24-15(2)20(27-19)21(25)23-12-11-16-5-7-17(22)8-6-16/h3-10H,11-13H2,1-2H3,(H,23,25). The molecule has 0 bridgehead atoms. The molecule has 0 fully saturated rings. The van der Waals surface area contributed by atoms with Gasteiger partial charge in [0.2, 0.25) is 0 Å². The van der Waals surface area contributed by atoms with Gasteiger partial charge in [-0.25, -0.2) is 9.37 Å². The zero-order chi connectivity index (χ0) is 19.2. The fourth-order valence-electron chi connectivity index (χ4n) is 2.56. The van der Waals surface area contributed by atoms with E-state index < -0.39 is 0 Å². The Bertz CT molecular complexity index is 905. The number of ether oxygens (including phenoxy) is 1. The lowest BCUT2D eigenvalue weighted by Gasteiger charge is -2.04. The van der Waals surface area contributed by atoms with Crippen LogP contribution in [0.2, 0.25) is 0 Å². The van der Waals surface area contributed by atoms with Gasteiger partial charge in [0.25, 0.3) is 5.91 Å². The lowest BCUT2D eigenvalue weighted by Crippen LogP contribution is -2.25. The zero-order valence-electron chi connectivity index (χ0n) is 15.3. The first kappa shape index (κ1) is 19.0. The number of nitrogens with one attached hydrogen (secondary N) is 1. The topological polar surface area (TPSA) is 51.2 Å². The SMILES string of the molecule is Cc1ccc(OCc2nc(C)c(C(=O)NCCc3ccc(F)cc3)s2)cc1. The highest BCUT2D eigenvalue weighted by atomic mass is 32.1. The molecular formula is C21H21FN2O2S. The molecule has 1 aromatic heterocycles. The lowest BCUT2D eigenvalue weighted by atomic mass is 10.1. The van der Waals surface area contributed by atoms with Crippen LogP contribution in [0, 0.1) is 19.7 Å². The summed E-state index contributed by atoms with van der Waals surface area (Å²) in [5.41, 5.74) is 2.85. The van der Waals surface area contributed by atoms with Crippen LogP contribution >= 0.6 is 11.3 Å². The van der Waals surface area contributed by atoms with Crippen LogP contribution in [-0.2, 0) is 13.0 Å². The first-order chi connectivity index (χ1) is 13.0. The van der Waals surface area contributed by atoms with Gasteiger partial charge in [-0.3, -0.25) is 4.79 Å². The molecule has 0 saturated carbocycles. The molecule has 3 rings (SSSR count). The van der Waals surface area contributed by atoms with E-state index in [1.54, 1.807) is 12.1 Å². The van der Waals surface area contributed by atoms with Crippen molar-refractivity contribution in [3.05, 3.63) is 81.1 Å². The van der Waals surface area contributed by atoms with Crippen LogP contribution < -0.4 is 10.1 Å². The van der Waals surface area contributed by atoms with E-state index in [0.29, 0.717) is 30.1 Å². The van der Waals surface area contributed by atoms with E-state index in [-0.39, 0.29) is 11.7 Å². The Hall–Kier alpha value is -2.73. The average molecular weight is 384 g/mol. The number of thiazole rings is 1. The van der Waals surface area contributed by atoms with Gasteiger partial charge >= 0.3 is 0 Å². The van der Waals surface area contributed by atoms with Crippen molar-refractivity contribution >= 4 is 17.2 Å². The van der Waals surface area contributed by atoms with E-state index in [1.165, 1.54) is 29.0 Å². The van der Waals surface area contributed by atoms with Crippen LogP contribution in [-0.4, -0.2) is 17.4 Å². The second-order valence-electron chi connectivity index (χ2n) is 6.26. The number of halogens is 1. The maximum Gasteiger partial charge on any atom is 0.263 e. The van der Waals surface area contributed by atoms with Crippen LogP contribution in [0.15, 0.2) is 48.5 Å². The predicted molar refractivity (Wildman–Crippen MR) is 105 cm³/mol. The van der Waals surface area contributed by atoms with Crippen LogP contribution in [0.3, 0.4) is 0 Å². The van der Waals surface area contributed by atoms with E-state index in [2.05, 4.69) is 10.3 Å². The van der Waals surface area contributed by atoms with Gasteiger partial charge in [0.05, 0.1) is 5.69 Å². The highest BCUT2D eigenvalue weighted by Crippen LogP contribution is 2.20. The molecule has 2 aromatic carbocycles. The van der Waals surface area contributed by atoms with Crippen LogP contribution in [0.5, 0.6) is 5.75 Å². The summed E-state index contributed by atoms with van der Waals surface area (Å²) in [5.74, 6) is 0.371. The van der Waals surface area contributed by atoms with Crippen molar-refractivity contribution in [2.75, 3.05) is 6.54 Å². The molecule has 27 heavy (non-hydrogen) atoms. The van der Waals surface area contributed by atoms with E-state index >= 15 is 0 Å². The Morgan fingerprint density at radius 2 is 1.81 bits per heavy atom. The van der Waals surface area contributed by atoms with Gasteiger partial charge in [-0.15, -0.1) is 11.3 Å². The van der Waals surface area contributed by atoms with Gasteiger partial charge in [0, 0.05) is 6.54 Å². The molecule has 6 heteroatoms. The molecule has 0 atom stereocenters. The summed E-state index contributed by atoms with van der Waals surface area (Å²) in [7, 11) is 0. The Labute approximate surface area is 162 Å². The maximum absolute atomic E-state index is 12.9. The van der Waals surface area contributed by atoms with Crippen molar-refractivity contribution in [3.63, 3.8) is 0 Å². The van der Waals surface area contributed by atoms with Crippen LogP contribution in [0.25, 0.3) is 0 Å². The van der Waals surface area contributed by atoms with Gasteiger partial charge in [0.1, 0.15) is 28.1 Å². The monoisotopic (exact) mass is 384 g/mol. The molecule has 1 heterocycles. The van der Waals surface area contributed by atoms with Crippen molar-refractivity contribution in [1.82, 2.24) is 10.3 Å². The summed E-state index contributed by atoms with van der Waals surface area (Å²) >= 11 is 1.34. The second kappa shape index (κ2) is 8.77. The van der Waals surface area contributed by atoms with E-state index in [0.717, 1.165) is 16.3 Å². The van der Waals surface area contributed by atoms with E-state index in [4.69, 9.17) is 4.74 Å². The summed E-state index contributed by atoms with van der Waals surface area (Å²) < 4.78 is 18.6. The Morgan fingerprint density at radius 3 is 2.52 bits per heavy atom. The summed E-state index contributed by atoms with van der Waals surface area (Å²) in [6.07, 6.45) is 0.646. The number of rotatable bonds is 7. The van der Waals surface area contributed by atoms with E-state index in [9.17, 15) is 9.18 Å². The largest absolute Gasteiger partial charge is 0.486 e. The number of carbonyl (C=O) groups is 1. The Balaban J connectivity index is 1.52. The third-order valence-electron chi connectivity index (χ3n) is 4.04. The minimum atomic E-state index is -0.261. The predicted octanol–water partition coefficient (Wildman–Crippen LogP) is 4.45. The molecule has 0 radical (unpaired) electrons. The fourth-order valence-corrected chi connectivity index (χ4v) is 3.45. The van der Waals surface area contributed by atoms with Crippen LogP contribution in [0.1, 0.15) is 31.5 Å². The van der Waals surface area contributed by atoms with Crippen LogP contribution in [0.4, 0.5) is 4.39 Å². The van der Waals surface area contributed by atoms with Gasteiger partial charge in [-0.05, 0) is 50.1 Å². The molecule has 3 aromatic rings. The third kappa shape index (κ3) is 5.37. The fraction of sp³-hybridized carbons (Fsp3) is 0.238. The normalized spacial score (nSPS) is 10.6. The first-order valence-corrected chi connectivity index (χ1v) is 9.51. The molecule has 0 aliphatic rings. The molecule has 0 aliphatic heterocycles. The second-order valence-corrected chi connectivity index (χ2v) is 7.34. The molecule has 0 unspecified atom stereocenters. The summed E-state index contributed by atoms with van der Waals surface area (Å²) in [5, 5.41) is 3.65. The lowest BCUT2D eigenvalue weighted by molar-refractivity contribution is 0.0957. The summed E-state index contributed by atoms with van der Waals surface area (Å²) in [4.78, 5) is 17.4. The Morgan fingerprint density at radius 1 is 1.11 bits per heavy atom. The molecule has 0 spiro atoms.